The van der Waals surface area contributed by atoms with Gasteiger partial charge in [-0.2, -0.15) is 0 Å². The van der Waals surface area contributed by atoms with Gasteiger partial charge in [0, 0.05) is 51.3 Å². The van der Waals surface area contributed by atoms with Gasteiger partial charge < -0.3 is 30.3 Å². The van der Waals surface area contributed by atoms with Crippen molar-refractivity contribution in [1.82, 2.24) is 26.0 Å². The first-order valence-electron chi connectivity index (χ1n) is 10.2. The number of hydrogen-bond acceptors (Lipinski definition) is 7. The third-order valence-electron chi connectivity index (χ3n) is 5.10. The van der Waals surface area contributed by atoms with Gasteiger partial charge >= 0.3 is 6.03 Å². The average molecular weight is 396 g/mol. The molecule has 1 aromatic heterocycles. The molecule has 9 heteroatoms. The maximum Gasteiger partial charge on any atom is 0.315 e. The summed E-state index contributed by atoms with van der Waals surface area (Å²) in [6, 6.07) is 1.81. The Bertz CT molecular complexity index is 617. The van der Waals surface area contributed by atoms with Crippen molar-refractivity contribution in [3.8, 4) is 0 Å². The summed E-state index contributed by atoms with van der Waals surface area (Å²) in [4.78, 5) is 14.1. The van der Waals surface area contributed by atoms with Crippen LogP contribution < -0.4 is 16.0 Å². The lowest BCUT2D eigenvalue weighted by Gasteiger charge is -2.33. The minimum atomic E-state index is -0.573. The number of carbonyl (C=O) groups excluding carboxylic acids is 1. The van der Waals surface area contributed by atoms with Crippen LogP contribution in [0, 0.1) is 0 Å². The summed E-state index contributed by atoms with van der Waals surface area (Å²) in [5, 5.41) is 23.3. The Morgan fingerprint density at radius 3 is 2.93 bits per heavy atom. The molecule has 0 aromatic carbocycles. The van der Waals surface area contributed by atoms with E-state index < -0.39 is 12.2 Å². The number of amides is 2. The topological polar surface area (TPSA) is 112 Å². The van der Waals surface area contributed by atoms with E-state index in [0.717, 1.165) is 50.6 Å². The Labute approximate surface area is 166 Å². The fraction of sp³-hybridized carbons (Fsp3) is 0.789. The van der Waals surface area contributed by atoms with E-state index in [4.69, 9.17) is 9.26 Å². The SMILES string of the molecule is CC(C)NC(=O)NC[C@H]1O[C@H](Cc2cc(CN3CCNCC3)on2)CC[C@@H]1O. The molecular weight excluding hydrogens is 362 g/mol. The van der Waals surface area contributed by atoms with E-state index in [1.807, 2.05) is 19.9 Å². The van der Waals surface area contributed by atoms with Crippen molar-refractivity contribution in [2.24, 2.45) is 0 Å². The molecule has 4 N–H and O–H groups in total. The van der Waals surface area contributed by atoms with Crippen molar-refractivity contribution >= 4 is 6.03 Å². The van der Waals surface area contributed by atoms with Crippen LogP contribution in [-0.2, 0) is 17.7 Å². The second-order valence-electron chi connectivity index (χ2n) is 7.97. The molecular formula is C19H33N5O4. The van der Waals surface area contributed by atoms with Gasteiger partial charge in [-0.1, -0.05) is 5.16 Å². The summed E-state index contributed by atoms with van der Waals surface area (Å²) in [5.41, 5.74) is 0.871. The van der Waals surface area contributed by atoms with Crippen LogP contribution in [0.4, 0.5) is 4.79 Å². The summed E-state index contributed by atoms with van der Waals surface area (Å²) in [7, 11) is 0. The largest absolute Gasteiger partial charge is 0.390 e. The number of hydrogen-bond donors (Lipinski definition) is 4. The number of ether oxygens (including phenoxy) is 1. The van der Waals surface area contributed by atoms with Gasteiger partial charge in [0.1, 0.15) is 6.10 Å². The van der Waals surface area contributed by atoms with Gasteiger partial charge in [0.05, 0.1) is 24.4 Å². The normalized spacial score (nSPS) is 26.4. The highest BCUT2D eigenvalue weighted by Gasteiger charge is 2.31. The molecule has 28 heavy (non-hydrogen) atoms. The molecule has 0 aliphatic carbocycles. The summed E-state index contributed by atoms with van der Waals surface area (Å²) < 4.78 is 11.5. The van der Waals surface area contributed by atoms with Crippen molar-refractivity contribution in [2.75, 3.05) is 32.7 Å². The maximum atomic E-state index is 11.8. The molecule has 3 atom stereocenters. The predicted octanol–water partition coefficient (Wildman–Crippen LogP) is 0.238. The van der Waals surface area contributed by atoms with Crippen LogP contribution in [0.2, 0.25) is 0 Å². The van der Waals surface area contributed by atoms with Gasteiger partial charge in [-0.05, 0) is 26.7 Å². The van der Waals surface area contributed by atoms with Gasteiger partial charge in [0.15, 0.2) is 5.76 Å². The van der Waals surface area contributed by atoms with Crippen molar-refractivity contribution in [3.63, 3.8) is 0 Å². The summed E-state index contributed by atoms with van der Waals surface area (Å²) in [6.45, 7) is 8.89. The molecule has 9 nitrogen and oxygen atoms in total. The Morgan fingerprint density at radius 1 is 1.39 bits per heavy atom. The molecule has 0 unspecified atom stereocenters. The van der Waals surface area contributed by atoms with Crippen molar-refractivity contribution in [2.45, 2.75) is 64.0 Å². The number of urea groups is 1. The Hall–Kier alpha value is -1.68. The Balaban J connectivity index is 1.45. The van der Waals surface area contributed by atoms with Gasteiger partial charge in [0.25, 0.3) is 0 Å². The fourth-order valence-corrected chi connectivity index (χ4v) is 3.64. The van der Waals surface area contributed by atoms with E-state index in [1.54, 1.807) is 0 Å². The monoisotopic (exact) mass is 395 g/mol. The number of piperazine rings is 1. The van der Waals surface area contributed by atoms with Crippen LogP contribution in [0.5, 0.6) is 0 Å². The van der Waals surface area contributed by atoms with Crippen LogP contribution in [0.25, 0.3) is 0 Å². The van der Waals surface area contributed by atoms with Gasteiger partial charge in [0.2, 0.25) is 0 Å². The van der Waals surface area contributed by atoms with Gasteiger partial charge in [-0.3, -0.25) is 4.90 Å². The van der Waals surface area contributed by atoms with Crippen LogP contribution in [-0.4, -0.2) is 78.3 Å². The molecule has 0 spiro atoms. The van der Waals surface area contributed by atoms with Crippen molar-refractivity contribution in [3.05, 3.63) is 17.5 Å². The zero-order chi connectivity index (χ0) is 19.9. The van der Waals surface area contributed by atoms with Crippen LogP contribution in [0.1, 0.15) is 38.1 Å². The van der Waals surface area contributed by atoms with Gasteiger partial charge in [-0.25, -0.2) is 4.79 Å². The maximum absolute atomic E-state index is 11.8. The summed E-state index contributed by atoms with van der Waals surface area (Å²) in [6.07, 6.45) is 1.02. The Kier molecular flexibility index (Phi) is 7.66. The van der Waals surface area contributed by atoms with E-state index in [9.17, 15) is 9.90 Å². The van der Waals surface area contributed by atoms with Crippen LogP contribution in [0.15, 0.2) is 10.6 Å². The first-order valence-corrected chi connectivity index (χ1v) is 10.2. The minimum Gasteiger partial charge on any atom is -0.390 e. The molecule has 0 bridgehead atoms. The highest BCUT2D eigenvalue weighted by molar-refractivity contribution is 5.74. The molecule has 2 aliphatic rings. The molecule has 0 saturated carbocycles. The molecule has 158 valence electrons. The lowest BCUT2D eigenvalue weighted by molar-refractivity contribution is -0.113. The standard InChI is InChI=1S/C19H33N5O4/c1-13(2)22-19(26)21-11-18-17(25)4-3-15(27-18)9-14-10-16(28-23-14)12-24-7-5-20-6-8-24/h10,13,15,17-18,20,25H,3-9,11-12H2,1-2H3,(H2,21,22,26)/t15-,17-,18+/m0/s1. The smallest absolute Gasteiger partial charge is 0.315 e. The van der Waals surface area contributed by atoms with E-state index in [1.165, 1.54) is 0 Å². The molecule has 2 aliphatic heterocycles. The number of aliphatic hydroxyl groups is 1. The van der Waals surface area contributed by atoms with E-state index in [-0.39, 0.29) is 24.7 Å². The number of nitrogens with zero attached hydrogens (tertiary/aromatic N) is 2. The number of nitrogens with one attached hydrogen (secondary N) is 3. The molecule has 2 amide bonds. The first kappa shape index (κ1) is 21.0. The summed E-state index contributed by atoms with van der Waals surface area (Å²) in [5.74, 6) is 0.872. The second-order valence-corrected chi connectivity index (χ2v) is 7.97. The fourth-order valence-electron chi connectivity index (χ4n) is 3.64. The number of aromatic nitrogens is 1. The Morgan fingerprint density at radius 2 is 2.18 bits per heavy atom. The first-order chi connectivity index (χ1) is 13.5. The highest BCUT2D eigenvalue weighted by Crippen LogP contribution is 2.22. The van der Waals surface area contributed by atoms with Crippen LogP contribution in [0.3, 0.4) is 0 Å². The van der Waals surface area contributed by atoms with E-state index in [0.29, 0.717) is 12.8 Å². The van der Waals surface area contributed by atoms with Crippen molar-refractivity contribution in [1.29, 1.82) is 0 Å². The lowest BCUT2D eigenvalue weighted by atomic mass is 9.98. The minimum absolute atomic E-state index is 0.0412. The quantitative estimate of drug-likeness (QED) is 0.523. The molecule has 2 saturated heterocycles. The zero-order valence-corrected chi connectivity index (χ0v) is 16.8. The zero-order valence-electron chi connectivity index (χ0n) is 16.8. The van der Waals surface area contributed by atoms with Crippen molar-refractivity contribution < 1.29 is 19.2 Å². The predicted molar refractivity (Wildman–Crippen MR) is 104 cm³/mol. The molecule has 0 radical (unpaired) electrons. The average Bonchev–Trinajstić information content (AvgIpc) is 3.09. The number of aliphatic hydroxyl groups excluding tert-OH is 1. The molecule has 3 rings (SSSR count). The molecule has 1 aromatic rings. The second kappa shape index (κ2) is 10.2. The van der Waals surface area contributed by atoms with E-state index in [2.05, 4.69) is 26.0 Å². The lowest BCUT2D eigenvalue weighted by Crippen LogP contribution is -2.49. The number of rotatable bonds is 7. The third kappa shape index (κ3) is 6.44. The van der Waals surface area contributed by atoms with Gasteiger partial charge in [-0.15, -0.1) is 0 Å². The highest BCUT2D eigenvalue weighted by atomic mass is 16.5. The molecule has 3 heterocycles. The molecule has 2 fully saturated rings. The third-order valence-corrected chi connectivity index (χ3v) is 5.10. The van der Waals surface area contributed by atoms with Crippen LogP contribution >= 0.6 is 0 Å². The van der Waals surface area contributed by atoms with E-state index >= 15 is 0 Å². The summed E-state index contributed by atoms with van der Waals surface area (Å²) >= 11 is 0. The number of carbonyl (C=O) groups is 1.